The molecule has 1 fully saturated rings. The third-order valence-corrected chi connectivity index (χ3v) is 5.08. The highest BCUT2D eigenvalue weighted by Crippen LogP contribution is 2.26. The minimum absolute atomic E-state index is 0.202. The highest BCUT2D eigenvalue weighted by molar-refractivity contribution is 5.56. The van der Waals surface area contributed by atoms with Crippen molar-refractivity contribution in [2.24, 2.45) is 0 Å². The molecule has 0 spiro atoms. The van der Waals surface area contributed by atoms with E-state index in [1.165, 1.54) is 0 Å². The number of nitrogens with one attached hydrogen (secondary N) is 1. The lowest BCUT2D eigenvalue weighted by Gasteiger charge is -2.16. The Hall–Kier alpha value is -3.18. The van der Waals surface area contributed by atoms with Gasteiger partial charge in [-0.3, -0.25) is 0 Å². The van der Waals surface area contributed by atoms with Crippen LogP contribution in [0.3, 0.4) is 0 Å². The van der Waals surface area contributed by atoms with Crippen molar-refractivity contribution in [2.45, 2.75) is 25.5 Å². The SMILES string of the molecule is c1ccc(OCCOc2cccc(CNc3ccccc3OC[C@H]3CCCO3)c2)cc1. The van der Waals surface area contributed by atoms with E-state index in [4.69, 9.17) is 18.9 Å². The van der Waals surface area contributed by atoms with Gasteiger partial charge in [0.05, 0.1) is 11.8 Å². The molecule has 5 nitrogen and oxygen atoms in total. The van der Waals surface area contributed by atoms with Gasteiger partial charge in [-0.2, -0.15) is 0 Å². The number of ether oxygens (including phenoxy) is 4. The summed E-state index contributed by atoms with van der Waals surface area (Å²) in [6, 6.07) is 25.9. The largest absolute Gasteiger partial charge is 0.490 e. The molecule has 1 atom stereocenters. The van der Waals surface area contributed by atoms with E-state index in [0.717, 1.165) is 47.9 Å². The van der Waals surface area contributed by atoms with E-state index in [9.17, 15) is 0 Å². The zero-order chi connectivity index (χ0) is 21.1. The Bertz CT molecular complexity index is 925. The fraction of sp³-hybridized carbons (Fsp3) is 0.308. The van der Waals surface area contributed by atoms with Crippen molar-refractivity contribution in [2.75, 3.05) is 31.7 Å². The fourth-order valence-electron chi connectivity index (χ4n) is 3.48. The third kappa shape index (κ3) is 6.66. The summed E-state index contributed by atoms with van der Waals surface area (Å²) in [5.74, 6) is 2.53. The lowest BCUT2D eigenvalue weighted by molar-refractivity contribution is 0.0682. The normalized spacial score (nSPS) is 15.4. The predicted octanol–water partition coefficient (Wildman–Crippen LogP) is 5.31. The van der Waals surface area contributed by atoms with Gasteiger partial charge in [0.15, 0.2) is 0 Å². The van der Waals surface area contributed by atoms with Crippen molar-refractivity contribution in [3.63, 3.8) is 0 Å². The van der Waals surface area contributed by atoms with Gasteiger partial charge in [0.1, 0.15) is 37.1 Å². The van der Waals surface area contributed by atoms with E-state index in [-0.39, 0.29) is 6.10 Å². The molecular formula is C26H29NO4. The van der Waals surface area contributed by atoms with Gasteiger partial charge in [-0.1, -0.05) is 42.5 Å². The first-order valence-electron chi connectivity index (χ1n) is 10.8. The molecule has 0 amide bonds. The number of anilines is 1. The lowest BCUT2D eigenvalue weighted by atomic mass is 10.2. The van der Waals surface area contributed by atoms with E-state index in [1.807, 2.05) is 72.8 Å². The van der Waals surface area contributed by atoms with Crippen LogP contribution >= 0.6 is 0 Å². The smallest absolute Gasteiger partial charge is 0.142 e. The van der Waals surface area contributed by atoms with Crippen LogP contribution in [0, 0.1) is 0 Å². The average molecular weight is 420 g/mol. The van der Waals surface area contributed by atoms with Gasteiger partial charge in [-0.25, -0.2) is 0 Å². The molecule has 0 aromatic heterocycles. The molecule has 0 radical (unpaired) electrons. The first-order valence-corrected chi connectivity index (χ1v) is 10.8. The van der Waals surface area contributed by atoms with Gasteiger partial charge in [0, 0.05) is 13.2 Å². The van der Waals surface area contributed by atoms with Crippen LogP contribution < -0.4 is 19.5 Å². The maximum absolute atomic E-state index is 6.01. The van der Waals surface area contributed by atoms with Gasteiger partial charge in [-0.05, 0) is 54.8 Å². The monoisotopic (exact) mass is 419 g/mol. The lowest BCUT2D eigenvalue weighted by Crippen LogP contribution is -2.16. The van der Waals surface area contributed by atoms with Crippen molar-refractivity contribution in [1.82, 2.24) is 0 Å². The molecule has 1 aliphatic heterocycles. The summed E-state index contributed by atoms with van der Waals surface area (Å²) in [5.41, 5.74) is 2.11. The van der Waals surface area contributed by atoms with Crippen molar-refractivity contribution in [3.05, 3.63) is 84.4 Å². The molecule has 3 aromatic carbocycles. The van der Waals surface area contributed by atoms with Crippen molar-refractivity contribution in [1.29, 1.82) is 0 Å². The highest BCUT2D eigenvalue weighted by Gasteiger charge is 2.16. The van der Waals surface area contributed by atoms with Crippen LogP contribution in [0.15, 0.2) is 78.9 Å². The van der Waals surface area contributed by atoms with E-state index >= 15 is 0 Å². The third-order valence-electron chi connectivity index (χ3n) is 5.08. The number of hydrogen-bond donors (Lipinski definition) is 1. The van der Waals surface area contributed by atoms with Crippen LogP contribution in [0.5, 0.6) is 17.2 Å². The maximum Gasteiger partial charge on any atom is 0.142 e. The number of hydrogen-bond acceptors (Lipinski definition) is 5. The summed E-state index contributed by atoms with van der Waals surface area (Å²) in [7, 11) is 0. The molecule has 5 heteroatoms. The molecule has 1 aliphatic rings. The quantitative estimate of drug-likeness (QED) is 0.427. The van der Waals surface area contributed by atoms with Crippen LogP contribution in [0.2, 0.25) is 0 Å². The topological polar surface area (TPSA) is 49.0 Å². The molecule has 162 valence electrons. The van der Waals surface area contributed by atoms with Gasteiger partial charge in [0.2, 0.25) is 0 Å². The molecule has 31 heavy (non-hydrogen) atoms. The highest BCUT2D eigenvalue weighted by atomic mass is 16.5. The number of para-hydroxylation sites is 3. The first-order chi connectivity index (χ1) is 15.4. The van der Waals surface area contributed by atoms with Crippen molar-refractivity contribution >= 4 is 5.69 Å². The van der Waals surface area contributed by atoms with Crippen LogP contribution in [0.4, 0.5) is 5.69 Å². The number of benzene rings is 3. The van der Waals surface area contributed by atoms with E-state index in [2.05, 4.69) is 11.4 Å². The summed E-state index contributed by atoms with van der Waals surface area (Å²) in [6.07, 6.45) is 2.39. The van der Waals surface area contributed by atoms with E-state index in [0.29, 0.717) is 26.4 Å². The zero-order valence-corrected chi connectivity index (χ0v) is 17.7. The second kappa shape index (κ2) is 11.3. The minimum Gasteiger partial charge on any atom is -0.490 e. The van der Waals surface area contributed by atoms with Crippen LogP contribution in [-0.2, 0) is 11.3 Å². The van der Waals surface area contributed by atoms with E-state index < -0.39 is 0 Å². The first kappa shape index (κ1) is 21.1. The number of rotatable bonds is 11. The van der Waals surface area contributed by atoms with Crippen molar-refractivity contribution < 1.29 is 18.9 Å². The average Bonchev–Trinajstić information content (AvgIpc) is 3.34. The van der Waals surface area contributed by atoms with E-state index in [1.54, 1.807) is 0 Å². The molecule has 4 rings (SSSR count). The van der Waals surface area contributed by atoms with Gasteiger partial charge < -0.3 is 24.3 Å². The molecule has 3 aromatic rings. The molecule has 1 saturated heterocycles. The van der Waals surface area contributed by atoms with Gasteiger partial charge >= 0.3 is 0 Å². The Balaban J connectivity index is 1.25. The molecule has 0 aliphatic carbocycles. The second-order valence-electron chi connectivity index (χ2n) is 7.45. The summed E-state index contributed by atoms with van der Waals surface area (Å²) < 4.78 is 23.2. The standard InChI is InChI=1S/C26H29NO4/c1-2-9-22(10-3-1)29-16-17-30-23-11-6-8-21(18-23)19-27-25-13-4-5-14-26(25)31-20-24-12-7-15-28-24/h1-6,8-11,13-14,18,24,27H,7,12,15-17,19-20H2/t24-/m1/s1. The molecule has 0 bridgehead atoms. The second-order valence-corrected chi connectivity index (χ2v) is 7.45. The van der Waals surface area contributed by atoms with Gasteiger partial charge in [0.25, 0.3) is 0 Å². The molecule has 1 heterocycles. The minimum atomic E-state index is 0.202. The Morgan fingerprint density at radius 1 is 0.806 bits per heavy atom. The molecular weight excluding hydrogens is 390 g/mol. The summed E-state index contributed by atoms with van der Waals surface area (Å²) >= 11 is 0. The Kier molecular flexibility index (Phi) is 7.66. The van der Waals surface area contributed by atoms with Gasteiger partial charge in [-0.15, -0.1) is 0 Å². The summed E-state index contributed by atoms with van der Waals surface area (Å²) in [6.45, 7) is 3.10. The zero-order valence-electron chi connectivity index (χ0n) is 17.7. The Labute approximate surface area is 183 Å². The summed E-state index contributed by atoms with van der Waals surface area (Å²) in [5, 5.41) is 3.47. The molecule has 0 unspecified atom stereocenters. The maximum atomic E-state index is 6.01. The van der Waals surface area contributed by atoms with Crippen molar-refractivity contribution in [3.8, 4) is 17.2 Å². The van der Waals surface area contributed by atoms with Crippen LogP contribution in [0.1, 0.15) is 18.4 Å². The summed E-state index contributed by atoms with van der Waals surface area (Å²) in [4.78, 5) is 0. The Morgan fingerprint density at radius 2 is 1.58 bits per heavy atom. The predicted molar refractivity (Wildman–Crippen MR) is 122 cm³/mol. The molecule has 1 N–H and O–H groups in total. The Morgan fingerprint density at radius 3 is 2.42 bits per heavy atom. The fourth-order valence-corrected chi connectivity index (χ4v) is 3.48. The van der Waals surface area contributed by atoms with Crippen LogP contribution in [-0.4, -0.2) is 32.5 Å². The molecule has 0 saturated carbocycles. The van der Waals surface area contributed by atoms with Crippen LogP contribution in [0.25, 0.3) is 0 Å².